The molecule has 0 bridgehead atoms. The highest BCUT2D eigenvalue weighted by atomic mass is 16.2. The van der Waals surface area contributed by atoms with Crippen LogP contribution in [0.25, 0.3) is 6.20 Å². The van der Waals surface area contributed by atoms with Gasteiger partial charge in [-0.25, -0.2) is 4.79 Å². The molecular formula is C9H4N4O. The summed E-state index contributed by atoms with van der Waals surface area (Å²) in [6.07, 6.45) is 3.18. The van der Waals surface area contributed by atoms with Crippen LogP contribution in [0, 0.1) is 0 Å². The third kappa shape index (κ3) is 0.922. The van der Waals surface area contributed by atoms with Crippen molar-refractivity contribution in [3.63, 3.8) is 0 Å². The molecule has 2 amide bonds. The van der Waals surface area contributed by atoms with Crippen LogP contribution in [0.4, 0.5) is 10.5 Å². The van der Waals surface area contributed by atoms with Crippen LogP contribution in [-0.2, 0) is 0 Å². The summed E-state index contributed by atoms with van der Waals surface area (Å²) in [5.41, 5.74) is 1.57. The van der Waals surface area contributed by atoms with E-state index in [0.717, 1.165) is 16.5 Å². The number of hydrogen-bond acceptors (Lipinski definition) is 3. The van der Waals surface area contributed by atoms with Gasteiger partial charge in [-0.1, -0.05) is 0 Å². The molecule has 5 heteroatoms. The van der Waals surface area contributed by atoms with Crippen LogP contribution in [0.5, 0.6) is 0 Å². The number of amides is 2. The summed E-state index contributed by atoms with van der Waals surface area (Å²) in [6.45, 7) is 0. The lowest BCUT2D eigenvalue weighted by Gasteiger charge is -1.99. The number of aliphatic imine (C=N–C) groups is 1. The van der Waals surface area contributed by atoms with E-state index in [0.29, 0.717) is 5.36 Å². The quantitative estimate of drug-likeness (QED) is 0.585. The highest BCUT2D eigenvalue weighted by Gasteiger charge is 2.08. The second-order valence-electron chi connectivity index (χ2n) is 2.97. The molecule has 0 aromatic heterocycles. The zero-order chi connectivity index (χ0) is 9.54. The Bertz CT molecular complexity index is 612. The van der Waals surface area contributed by atoms with E-state index in [-0.39, 0.29) is 0 Å². The fraction of sp³-hybridized carbons (Fsp3) is 0. The van der Waals surface area contributed by atoms with E-state index in [2.05, 4.69) is 20.2 Å². The van der Waals surface area contributed by atoms with Gasteiger partial charge < -0.3 is 0 Å². The Hall–Kier alpha value is -2.17. The summed E-state index contributed by atoms with van der Waals surface area (Å²) in [5.74, 6) is 0. The van der Waals surface area contributed by atoms with E-state index in [1.807, 2.05) is 6.07 Å². The standard InChI is InChI=1S/C9H4N4O/c14-9-10-3-5-1-6-4-11-13-8(6)2-7(5)12-9/h1-4H. The second-order valence-corrected chi connectivity index (χ2v) is 2.97. The first-order chi connectivity index (χ1) is 6.83. The molecule has 0 spiro atoms. The van der Waals surface area contributed by atoms with Crippen LogP contribution in [-0.4, -0.2) is 12.2 Å². The third-order valence-electron chi connectivity index (χ3n) is 2.07. The molecule has 0 N–H and O–H groups in total. The fourth-order valence-electron chi connectivity index (χ4n) is 1.41. The number of carbonyl (C=O) groups excluding carboxylic acids is 1. The minimum Gasteiger partial charge on any atom is -0.244 e. The molecule has 3 rings (SSSR count). The van der Waals surface area contributed by atoms with Gasteiger partial charge in [0.1, 0.15) is 0 Å². The lowest BCUT2D eigenvalue weighted by atomic mass is 10.1. The molecule has 0 fully saturated rings. The zero-order valence-electron chi connectivity index (χ0n) is 7.01. The van der Waals surface area contributed by atoms with E-state index in [4.69, 9.17) is 0 Å². The summed E-state index contributed by atoms with van der Waals surface area (Å²) in [7, 11) is 0. The Balaban J connectivity index is 2.42. The normalized spacial score (nSPS) is 15.9. The first-order valence-electron chi connectivity index (χ1n) is 4.05. The molecule has 66 valence electrons. The monoisotopic (exact) mass is 184 g/mol. The summed E-state index contributed by atoms with van der Waals surface area (Å²) < 4.78 is 0. The van der Waals surface area contributed by atoms with E-state index < -0.39 is 6.03 Å². The Morgan fingerprint density at radius 3 is 3.07 bits per heavy atom. The van der Waals surface area contributed by atoms with Crippen LogP contribution < -0.4 is 10.6 Å². The van der Waals surface area contributed by atoms with Gasteiger partial charge in [-0.2, -0.15) is 20.2 Å². The zero-order valence-corrected chi connectivity index (χ0v) is 7.01. The van der Waals surface area contributed by atoms with Crippen LogP contribution in [0.15, 0.2) is 32.3 Å². The van der Waals surface area contributed by atoms with Gasteiger partial charge in [0.2, 0.25) is 0 Å². The van der Waals surface area contributed by atoms with Crippen molar-refractivity contribution >= 4 is 24.1 Å². The van der Waals surface area contributed by atoms with Crippen molar-refractivity contribution in [3.8, 4) is 0 Å². The molecule has 0 saturated carbocycles. The van der Waals surface area contributed by atoms with Gasteiger partial charge in [-0.15, -0.1) is 0 Å². The minimum absolute atomic E-state index is 0.476. The van der Waals surface area contributed by atoms with Gasteiger partial charge >= 0.3 is 6.03 Å². The second kappa shape index (κ2) is 2.41. The van der Waals surface area contributed by atoms with Gasteiger partial charge in [-0.05, 0) is 12.1 Å². The first kappa shape index (κ1) is 7.25. The summed E-state index contributed by atoms with van der Waals surface area (Å²) in [4.78, 5) is 18.3. The predicted octanol–water partition coefficient (Wildman–Crippen LogP) is 0.694. The highest BCUT2D eigenvalue weighted by molar-refractivity contribution is 5.94. The first-order valence-corrected chi connectivity index (χ1v) is 4.05. The van der Waals surface area contributed by atoms with E-state index in [1.165, 1.54) is 6.21 Å². The summed E-state index contributed by atoms with van der Waals surface area (Å²) >= 11 is 0. The van der Waals surface area contributed by atoms with Gasteiger partial charge in [-0.3, -0.25) is 0 Å². The van der Waals surface area contributed by atoms with Crippen LogP contribution >= 0.6 is 0 Å². The minimum atomic E-state index is -0.476. The molecule has 1 aromatic carbocycles. The Morgan fingerprint density at radius 1 is 1.21 bits per heavy atom. The molecule has 5 nitrogen and oxygen atoms in total. The fourth-order valence-corrected chi connectivity index (χ4v) is 1.41. The molecule has 1 aromatic rings. The molecular weight excluding hydrogens is 180 g/mol. The van der Waals surface area contributed by atoms with Crippen molar-refractivity contribution in [2.75, 3.05) is 0 Å². The van der Waals surface area contributed by atoms with E-state index >= 15 is 0 Å². The highest BCUT2D eigenvalue weighted by Crippen LogP contribution is 2.09. The maximum Gasteiger partial charge on any atom is 0.367 e. The van der Waals surface area contributed by atoms with Gasteiger partial charge in [0.05, 0.1) is 17.2 Å². The van der Waals surface area contributed by atoms with Crippen molar-refractivity contribution in [1.29, 1.82) is 0 Å². The maximum atomic E-state index is 10.9. The average molecular weight is 184 g/mol. The lowest BCUT2D eigenvalue weighted by molar-refractivity contribution is 0.256. The van der Waals surface area contributed by atoms with E-state index in [1.54, 1.807) is 12.3 Å². The number of nitrogens with zero attached hydrogens (tertiary/aromatic N) is 4. The molecule has 0 saturated heterocycles. The van der Waals surface area contributed by atoms with Gasteiger partial charge in [0, 0.05) is 17.0 Å². The van der Waals surface area contributed by atoms with Crippen molar-refractivity contribution in [1.82, 2.24) is 0 Å². The smallest absolute Gasteiger partial charge is 0.244 e. The number of hydrogen-bond donors (Lipinski definition) is 0. The molecule has 0 radical (unpaired) electrons. The van der Waals surface area contributed by atoms with Crippen LogP contribution in [0.2, 0.25) is 0 Å². The lowest BCUT2D eigenvalue weighted by Crippen LogP contribution is -2.19. The summed E-state index contributed by atoms with van der Waals surface area (Å²) in [5, 5.41) is 9.20. The summed E-state index contributed by atoms with van der Waals surface area (Å²) in [6, 6.07) is 3.13. The molecule has 2 aliphatic rings. The number of rotatable bonds is 0. The number of carbonyl (C=O) groups is 1. The van der Waals surface area contributed by atoms with Crippen LogP contribution in [0.3, 0.4) is 0 Å². The van der Waals surface area contributed by atoms with Gasteiger partial charge in [0.15, 0.2) is 0 Å². The molecule has 0 aliphatic carbocycles. The van der Waals surface area contributed by atoms with Crippen molar-refractivity contribution < 1.29 is 4.79 Å². The Morgan fingerprint density at radius 2 is 2.14 bits per heavy atom. The Kier molecular flexibility index (Phi) is 1.25. The van der Waals surface area contributed by atoms with E-state index in [9.17, 15) is 4.79 Å². The number of fused-ring (bicyclic) bond motifs is 2. The van der Waals surface area contributed by atoms with Gasteiger partial charge in [0.25, 0.3) is 0 Å². The molecule has 0 unspecified atom stereocenters. The average Bonchev–Trinajstić information content (AvgIpc) is 2.61. The largest absolute Gasteiger partial charge is 0.367 e. The molecule has 2 heterocycles. The molecule has 14 heavy (non-hydrogen) atoms. The van der Waals surface area contributed by atoms with Crippen molar-refractivity contribution in [3.05, 3.63) is 28.3 Å². The number of azo groups is 1. The van der Waals surface area contributed by atoms with Crippen molar-refractivity contribution in [2.24, 2.45) is 20.2 Å². The molecule has 2 aliphatic heterocycles. The SMILES string of the molecule is O=C1N=Cc2cc3c(cc2=N1)N=NC=3. The predicted molar refractivity (Wildman–Crippen MR) is 49.2 cm³/mol. The topological polar surface area (TPSA) is 66.5 Å². The third-order valence-corrected chi connectivity index (χ3v) is 2.07. The maximum absolute atomic E-state index is 10.9. The van der Waals surface area contributed by atoms with Crippen molar-refractivity contribution in [2.45, 2.75) is 0 Å². The number of urea groups is 1. The number of benzene rings is 1. The Labute approximate surface area is 78.2 Å². The van der Waals surface area contributed by atoms with Crippen LogP contribution in [0.1, 0.15) is 5.56 Å². The molecule has 0 atom stereocenters.